The van der Waals surface area contributed by atoms with E-state index in [0.717, 1.165) is 42.5 Å². The Bertz CT molecular complexity index is 821. The van der Waals surface area contributed by atoms with Gasteiger partial charge < -0.3 is 10.1 Å². The van der Waals surface area contributed by atoms with Crippen LogP contribution in [0, 0.1) is 5.92 Å². The molecule has 4 rings (SSSR count). The molecule has 0 spiro atoms. The van der Waals surface area contributed by atoms with Crippen LogP contribution >= 0.6 is 0 Å². The molecular weight excluding hydrogens is 330 g/mol. The second-order valence-electron chi connectivity index (χ2n) is 7.06. The number of ether oxygens (including phenoxy) is 1. The summed E-state index contributed by atoms with van der Waals surface area (Å²) < 4.78 is 5.18. The number of carbonyl (C=O) groups excluding carboxylic acids is 1. The molecular formula is C19H23N5O2. The van der Waals surface area contributed by atoms with E-state index in [2.05, 4.69) is 20.3 Å². The van der Waals surface area contributed by atoms with E-state index < -0.39 is 11.7 Å². The first-order chi connectivity index (χ1) is 12.5. The van der Waals surface area contributed by atoms with Crippen molar-refractivity contribution in [3.8, 4) is 5.88 Å². The molecule has 1 aliphatic carbocycles. The molecule has 1 saturated carbocycles. The lowest BCUT2D eigenvalue weighted by Gasteiger charge is -2.40. The van der Waals surface area contributed by atoms with E-state index in [0.29, 0.717) is 11.7 Å². The fourth-order valence-electron chi connectivity index (χ4n) is 4.33. The van der Waals surface area contributed by atoms with E-state index in [4.69, 9.17) is 10.5 Å². The molecule has 7 nitrogen and oxygen atoms in total. The van der Waals surface area contributed by atoms with Gasteiger partial charge in [0.1, 0.15) is 5.84 Å². The van der Waals surface area contributed by atoms with Crippen LogP contribution in [0.15, 0.2) is 40.0 Å². The van der Waals surface area contributed by atoms with Gasteiger partial charge in [-0.2, -0.15) is 0 Å². The molecule has 0 bridgehead atoms. The van der Waals surface area contributed by atoms with E-state index in [1.54, 1.807) is 19.4 Å². The summed E-state index contributed by atoms with van der Waals surface area (Å²) in [7, 11) is 1.58. The van der Waals surface area contributed by atoms with E-state index in [9.17, 15) is 4.79 Å². The third-order valence-electron chi connectivity index (χ3n) is 5.63. The number of fused-ring (bicyclic) bond motifs is 1. The van der Waals surface area contributed by atoms with Crippen LogP contribution < -0.4 is 15.8 Å². The van der Waals surface area contributed by atoms with E-state index in [1.165, 1.54) is 0 Å². The first-order valence-electron chi connectivity index (χ1n) is 8.98. The number of nitrogens with zero attached hydrogens (tertiary/aromatic N) is 3. The standard InChI is InChI=1S/C19H23N5O2/c1-11-14-9-19(12-5-3-4-6-12,13-7-8-15(26-2)21-10-13)17(25)23-16(14)24-18(20)22-11/h7-10,12,18H,3-6,20H2,1-2H3,(H,23,24,25). The second-order valence-corrected chi connectivity index (χ2v) is 7.06. The first-order valence-corrected chi connectivity index (χ1v) is 8.98. The zero-order valence-corrected chi connectivity index (χ0v) is 15.0. The average Bonchev–Trinajstić information content (AvgIpc) is 3.16. The van der Waals surface area contributed by atoms with Crippen LogP contribution in [-0.2, 0) is 10.2 Å². The van der Waals surface area contributed by atoms with Gasteiger partial charge in [-0.25, -0.2) is 15.0 Å². The molecule has 3 N–H and O–H groups in total. The number of pyridine rings is 1. The summed E-state index contributed by atoms with van der Waals surface area (Å²) in [4.78, 5) is 26.3. The number of rotatable bonds is 3. The van der Waals surface area contributed by atoms with Crippen molar-refractivity contribution < 1.29 is 9.53 Å². The second kappa shape index (κ2) is 6.32. The maximum Gasteiger partial charge on any atom is 0.240 e. The average molecular weight is 353 g/mol. The Labute approximate surface area is 152 Å². The van der Waals surface area contributed by atoms with Gasteiger partial charge in [-0.1, -0.05) is 25.0 Å². The molecule has 2 unspecified atom stereocenters. The minimum absolute atomic E-state index is 0.0687. The van der Waals surface area contributed by atoms with Crippen molar-refractivity contribution in [3.63, 3.8) is 0 Å². The van der Waals surface area contributed by atoms with Crippen LogP contribution in [0.1, 0.15) is 38.2 Å². The van der Waals surface area contributed by atoms with Crippen LogP contribution in [0.5, 0.6) is 5.88 Å². The minimum Gasteiger partial charge on any atom is -0.481 e. The number of amidine groups is 1. The lowest BCUT2D eigenvalue weighted by atomic mass is 9.66. The smallest absolute Gasteiger partial charge is 0.240 e. The molecule has 7 heteroatoms. The highest BCUT2D eigenvalue weighted by Crippen LogP contribution is 2.46. The Morgan fingerprint density at radius 1 is 1.27 bits per heavy atom. The van der Waals surface area contributed by atoms with Crippen LogP contribution in [0.2, 0.25) is 0 Å². The molecule has 3 heterocycles. The summed E-state index contributed by atoms with van der Waals surface area (Å²) in [5.74, 6) is 1.20. The number of aromatic nitrogens is 1. The predicted octanol–water partition coefficient (Wildman–Crippen LogP) is 1.69. The summed E-state index contributed by atoms with van der Waals surface area (Å²) in [5.41, 5.74) is 7.58. The highest BCUT2D eigenvalue weighted by atomic mass is 16.5. The molecule has 2 aliphatic heterocycles. The highest BCUT2D eigenvalue weighted by molar-refractivity contribution is 6.29. The van der Waals surface area contributed by atoms with Crippen molar-refractivity contribution in [1.29, 1.82) is 0 Å². The molecule has 1 aromatic heterocycles. The SMILES string of the molecule is COc1ccc(C2(C3CCCC3)C=C3C(C)=NC(N)N=C3NC2=O)cn1. The van der Waals surface area contributed by atoms with Gasteiger partial charge in [0, 0.05) is 23.5 Å². The van der Waals surface area contributed by atoms with Crippen molar-refractivity contribution in [2.75, 3.05) is 7.11 Å². The third-order valence-corrected chi connectivity index (χ3v) is 5.63. The number of nitrogens with two attached hydrogens (primary N) is 1. The number of methoxy groups -OCH3 is 1. The molecule has 2 atom stereocenters. The van der Waals surface area contributed by atoms with Gasteiger partial charge in [0.05, 0.1) is 12.5 Å². The van der Waals surface area contributed by atoms with E-state index >= 15 is 0 Å². The zero-order valence-electron chi connectivity index (χ0n) is 15.0. The molecule has 1 fully saturated rings. The van der Waals surface area contributed by atoms with Crippen LogP contribution in [0.3, 0.4) is 0 Å². The van der Waals surface area contributed by atoms with E-state index in [1.807, 2.05) is 19.1 Å². The van der Waals surface area contributed by atoms with Crippen molar-refractivity contribution in [1.82, 2.24) is 10.3 Å². The van der Waals surface area contributed by atoms with Gasteiger partial charge in [-0.3, -0.25) is 10.5 Å². The van der Waals surface area contributed by atoms with Gasteiger partial charge >= 0.3 is 0 Å². The molecule has 136 valence electrons. The molecule has 26 heavy (non-hydrogen) atoms. The Hall–Kier alpha value is -2.54. The topological polar surface area (TPSA) is 102 Å². The molecule has 1 amide bonds. The highest BCUT2D eigenvalue weighted by Gasteiger charge is 2.50. The van der Waals surface area contributed by atoms with Crippen molar-refractivity contribution in [3.05, 3.63) is 35.5 Å². The fraction of sp³-hybridized carbons (Fsp3) is 0.474. The molecule has 1 aromatic rings. The van der Waals surface area contributed by atoms with E-state index in [-0.39, 0.29) is 11.8 Å². The number of carbonyl (C=O) groups is 1. The van der Waals surface area contributed by atoms with Gasteiger partial charge in [0.15, 0.2) is 6.29 Å². The molecule has 0 aromatic carbocycles. The molecule has 0 saturated heterocycles. The minimum atomic E-state index is -0.775. The van der Waals surface area contributed by atoms with Gasteiger partial charge in [-0.05, 0) is 31.2 Å². The van der Waals surface area contributed by atoms with Crippen LogP contribution in [0.4, 0.5) is 0 Å². The Balaban J connectivity index is 1.89. The third kappa shape index (κ3) is 2.54. The summed E-state index contributed by atoms with van der Waals surface area (Å²) in [6, 6.07) is 3.74. The maximum atomic E-state index is 13.4. The number of hydrogen-bond acceptors (Lipinski definition) is 6. The number of hydrogen-bond donors (Lipinski definition) is 2. The Morgan fingerprint density at radius 2 is 2.04 bits per heavy atom. The molecule has 0 radical (unpaired) electrons. The summed E-state index contributed by atoms with van der Waals surface area (Å²) in [6.45, 7) is 1.91. The number of amides is 1. The van der Waals surface area contributed by atoms with Gasteiger partial charge in [-0.15, -0.1) is 0 Å². The van der Waals surface area contributed by atoms with Crippen LogP contribution in [0.25, 0.3) is 0 Å². The van der Waals surface area contributed by atoms with Crippen molar-refractivity contribution in [2.24, 2.45) is 21.6 Å². The van der Waals surface area contributed by atoms with Gasteiger partial charge in [0.25, 0.3) is 0 Å². The zero-order chi connectivity index (χ0) is 18.3. The maximum absolute atomic E-state index is 13.4. The van der Waals surface area contributed by atoms with Gasteiger partial charge in [0.2, 0.25) is 11.8 Å². The van der Waals surface area contributed by atoms with Crippen molar-refractivity contribution >= 4 is 17.5 Å². The lowest BCUT2D eigenvalue weighted by molar-refractivity contribution is -0.125. The molecule has 3 aliphatic rings. The summed E-state index contributed by atoms with van der Waals surface area (Å²) in [5, 5.41) is 3.00. The lowest BCUT2D eigenvalue weighted by Crippen LogP contribution is -2.55. The van der Waals surface area contributed by atoms with Crippen molar-refractivity contribution in [2.45, 2.75) is 44.3 Å². The fourth-order valence-corrected chi connectivity index (χ4v) is 4.33. The number of nitrogens with one attached hydrogen (secondary N) is 1. The largest absolute Gasteiger partial charge is 0.481 e. The number of aliphatic imine (C=N–C) groups is 2. The first kappa shape index (κ1) is 16.9. The monoisotopic (exact) mass is 353 g/mol. The normalized spacial score (nSPS) is 28.7. The quantitative estimate of drug-likeness (QED) is 0.863. The Kier molecular flexibility index (Phi) is 4.11. The predicted molar refractivity (Wildman–Crippen MR) is 99.2 cm³/mol. The Morgan fingerprint density at radius 3 is 2.69 bits per heavy atom. The van der Waals surface area contributed by atoms with Crippen LogP contribution in [-0.4, -0.2) is 35.8 Å². The summed E-state index contributed by atoms with van der Waals surface area (Å²) in [6.07, 6.45) is 7.39. The summed E-state index contributed by atoms with van der Waals surface area (Å²) >= 11 is 0.